The molecule has 29 heavy (non-hydrogen) atoms. The fourth-order valence-corrected chi connectivity index (χ4v) is 3.46. The van der Waals surface area contributed by atoms with E-state index in [-0.39, 0.29) is 11.8 Å². The number of nitrogens with one attached hydrogen (secondary N) is 3. The molecule has 0 bridgehead atoms. The number of pyridine rings is 1. The fraction of sp³-hybridized carbons (Fsp3) is 0.238. The summed E-state index contributed by atoms with van der Waals surface area (Å²) in [6.45, 7) is 0.689. The van der Waals surface area contributed by atoms with E-state index in [9.17, 15) is 4.79 Å². The lowest BCUT2D eigenvalue weighted by molar-refractivity contribution is -0.117. The molecule has 146 valence electrons. The maximum atomic E-state index is 12.3. The van der Waals surface area contributed by atoms with E-state index in [2.05, 4.69) is 36.9 Å². The first-order chi connectivity index (χ1) is 14.2. The third kappa shape index (κ3) is 3.38. The molecular weight excluding hydrogens is 366 g/mol. The van der Waals surface area contributed by atoms with Crippen molar-refractivity contribution in [3.8, 4) is 16.9 Å². The van der Waals surface area contributed by atoms with Crippen LogP contribution in [0.5, 0.6) is 0 Å². The average Bonchev–Trinajstić information content (AvgIpc) is 3.26. The Labute approximate surface area is 167 Å². The molecule has 1 amide bonds. The van der Waals surface area contributed by atoms with E-state index in [1.807, 2.05) is 37.5 Å². The van der Waals surface area contributed by atoms with Crippen LogP contribution in [-0.2, 0) is 11.3 Å². The first kappa shape index (κ1) is 17.6. The Balaban J connectivity index is 1.58. The molecule has 0 unspecified atom stereocenters. The summed E-state index contributed by atoms with van der Waals surface area (Å²) in [5, 5.41) is 15.6. The lowest BCUT2D eigenvalue weighted by atomic mass is 10.1. The molecule has 3 N–H and O–H groups in total. The van der Waals surface area contributed by atoms with E-state index in [1.165, 1.54) is 0 Å². The predicted octanol–water partition coefficient (Wildman–Crippen LogP) is 2.88. The lowest BCUT2D eigenvalue weighted by Gasteiger charge is -2.08. The van der Waals surface area contributed by atoms with Crippen molar-refractivity contribution in [1.82, 2.24) is 30.3 Å². The molecule has 3 aromatic heterocycles. The van der Waals surface area contributed by atoms with Crippen LogP contribution < -0.4 is 10.6 Å². The molecular formula is C21H21N7O. The number of benzene rings is 1. The van der Waals surface area contributed by atoms with Crippen LogP contribution in [0.15, 0.2) is 48.9 Å². The smallest absolute Gasteiger partial charge is 0.228 e. The average molecular weight is 387 g/mol. The van der Waals surface area contributed by atoms with Crippen molar-refractivity contribution in [3.63, 3.8) is 0 Å². The largest absolute Gasteiger partial charge is 0.351 e. The molecule has 4 aromatic rings. The minimum Gasteiger partial charge on any atom is -0.351 e. The van der Waals surface area contributed by atoms with E-state index < -0.39 is 0 Å². The van der Waals surface area contributed by atoms with Crippen molar-refractivity contribution >= 4 is 22.6 Å². The highest BCUT2D eigenvalue weighted by Crippen LogP contribution is 2.33. The number of hydrogen-bond acceptors (Lipinski definition) is 5. The van der Waals surface area contributed by atoms with Crippen LogP contribution in [-0.4, -0.2) is 37.9 Å². The highest BCUT2D eigenvalue weighted by molar-refractivity contribution is 6.02. The number of carbonyl (C=O) groups is 1. The Morgan fingerprint density at radius 1 is 1.24 bits per heavy atom. The number of rotatable bonds is 6. The Bertz CT molecular complexity index is 1180. The van der Waals surface area contributed by atoms with Gasteiger partial charge in [-0.25, -0.2) is 4.98 Å². The second kappa shape index (κ2) is 7.14. The number of hydrogen-bond donors (Lipinski definition) is 3. The molecule has 0 aliphatic heterocycles. The van der Waals surface area contributed by atoms with Gasteiger partial charge in [-0.05, 0) is 43.7 Å². The number of amides is 1. The number of anilines is 1. The van der Waals surface area contributed by atoms with Crippen LogP contribution in [0.3, 0.4) is 0 Å². The molecule has 1 saturated carbocycles. The lowest BCUT2D eigenvalue weighted by Crippen LogP contribution is -2.15. The molecule has 0 atom stereocenters. The maximum absolute atomic E-state index is 12.3. The number of fused-ring (bicyclic) bond motifs is 1. The summed E-state index contributed by atoms with van der Waals surface area (Å²) in [6, 6.07) is 10.1. The van der Waals surface area contributed by atoms with Crippen molar-refractivity contribution in [3.05, 3.63) is 54.5 Å². The summed E-state index contributed by atoms with van der Waals surface area (Å²) in [6.07, 6.45) is 7.04. The van der Waals surface area contributed by atoms with E-state index in [4.69, 9.17) is 0 Å². The van der Waals surface area contributed by atoms with Crippen LogP contribution in [0.2, 0.25) is 0 Å². The molecule has 5 rings (SSSR count). The third-order valence-electron chi connectivity index (χ3n) is 5.11. The molecule has 8 heteroatoms. The van der Waals surface area contributed by atoms with Gasteiger partial charge in [-0.1, -0.05) is 12.1 Å². The number of nitrogens with zero attached hydrogens (tertiary/aromatic N) is 4. The van der Waals surface area contributed by atoms with Crippen molar-refractivity contribution < 1.29 is 4.79 Å². The van der Waals surface area contributed by atoms with Crippen molar-refractivity contribution in [2.24, 2.45) is 5.92 Å². The van der Waals surface area contributed by atoms with Crippen LogP contribution in [0, 0.1) is 5.92 Å². The SMILES string of the molecule is CNCc1cnc(NC(=O)C2CC2)c2[nH]c(-c3cccc(-n4nccn4)c3)cc12. The summed E-state index contributed by atoms with van der Waals surface area (Å²) in [4.78, 5) is 21.8. The van der Waals surface area contributed by atoms with Gasteiger partial charge in [0.25, 0.3) is 0 Å². The van der Waals surface area contributed by atoms with Crippen molar-refractivity contribution in [1.29, 1.82) is 0 Å². The minimum atomic E-state index is 0.0445. The molecule has 1 aliphatic carbocycles. The fourth-order valence-electron chi connectivity index (χ4n) is 3.46. The quantitative estimate of drug-likeness (QED) is 0.472. The molecule has 0 spiro atoms. The Kier molecular flexibility index (Phi) is 4.33. The third-order valence-corrected chi connectivity index (χ3v) is 5.11. The molecule has 8 nitrogen and oxygen atoms in total. The molecule has 1 fully saturated rings. The second-order valence-corrected chi connectivity index (χ2v) is 7.27. The molecule has 1 aliphatic rings. The Morgan fingerprint density at radius 3 is 2.83 bits per heavy atom. The normalized spacial score (nSPS) is 13.7. The monoisotopic (exact) mass is 387 g/mol. The summed E-state index contributed by atoms with van der Waals surface area (Å²) < 4.78 is 0. The van der Waals surface area contributed by atoms with Crippen LogP contribution in [0.25, 0.3) is 27.8 Å². The number of carbonyl (C=O) groups excluding carboxylic acids is 1. The van der Waals surface area contributed by atoms with Gasteiger partial charge in [-0.2, -0.15) is 15.0 Å². The van der Waals surface area contributed by atoms with E-state index in [0.29, 0.717) is 12.4 Å². The van der Waals surface area contributed by atoms with Crippen LogP contribution in [0.1, 0.15) is 18.4 Å². The van der Waals surface area contributed by atoms with Crippen LogP contribution >= 0.6 is 0 Å². The van der Waals surface area contributed by atoms with Gasteiger partial charge in [-0.15, -0.1) is 0 Å². The molecule has 3 heterocycles. The van der Waals surface area contributed by atoms with Crippen LogP contribution in [0.4, 0.5) is 5.82 Å². The van der Waals surface area contributed by atoms with Gasteiger partial charge in [0.15, 0.2) is 5.82 Å². The summed E-state index contributed by atoms with van der Waals surface area (Å²) in [5.74, 6) is 0.743. The number of aromatic amines is 1. The number of H-pyrrole nitrogens is 1. The van der Waals surface area contributed by atoms with Crippen molar-refractivity contribution in [2.75, 3.05) is 12.4 Å². The Morgan fingerprint density at radius 2 is 2.07 bits per heavy atom. The van der Waals surface area contributed by atoms with Gasteiger partial charge < -0.3 is 15.6 Å². The van der Waals surface area contributed by atoms with E-state index in [1.54, 1.807) is 17.2 Å². The van der Waals surface area contributed by atoms with E-state index >= 15 is 0 Å². The van der Waals surface area contributed by atoms with E-state index in [0.717, 1.165) is 46.3 Å². The van der Waals surface area contributed by atoms with Gasteiger partial charge in [0.1, 0.15) is 0 Å². The minimum absolute atomic E-state index is 0.0445. The first-order valence-electron chi connectivity index (χ1n) is 9.66. The predicted molar refractivity (Wildman–Crippen MR) is 111 cm³/mol. The zero-order valence-electron chi connectivity index (χ0n) is 16.0. The summed E-state index contributed by atoms with van der Waals surface area (Å²) >= 11 is 0. The van der Waals surface area contributed by atoms with Gasteiger partial charge in [0.05, 0.1) is 23.6 Å². The Hall–Kier alpha value is -3.52. The zero-order valence-corrected chi connectivity index (χ0v) is 16.0. The first-order valence-corrected chi connectivity index (χ1v) is 9.66. The van der Waals surface area contributed by atoms with Gasteiger partial charge >= 0.3 is 0 Å². The number of aromatic nitrogens is 5. The molecule has 1 aromatic carbocycles. The highest BCUT2D eigenvalue weighted by Gasteiger charge is 2.30. The van der Waals surface area contributed by atoms with Gasteiger partial charge in [-0.3, -0.25) is 4.79 Å². The highest BCUT2D eigenvalue weighted by atomic mass is 16.2. The zero-order chi connectivity index (χ0) is 19.8. The van der Waals surface area contributed by atoms with Gasteiger partial charge in [0.2, 0.25) is 5.91 Å². The molecule has 0 radical (unpaired) electrons. The standard InChI is InChI=1S/C21H21N7O/c1-22-11-15-12-23-20(27-21(29)13-5-6-13)19-17(15)10-18(26-19)14-3-2-4-16(9-14)28-24-7-8-25-28/h2-4,7-10,12-13,22,26H,5-6,11H2,1H3,(H,23,27,29). The summed E-state index contributed by atoms with van der Waals surface area (Å²) in [5.41, 5.74) is 4.73. The topological polar surface area (TPSA) is 101 Å². The second-order valence-electron chi connectivity index (χ2n) is 7.27. The van der Waals surface area contributed by atoms with Crippen molar-refractivity contribution in [2.45, 2.75) is 19.4 Å². The summed E-state index contributed by atoms with van der Waals surface area (Å²) in [7, 11) is 1.91. The maximum Gasteiger partial charge on any atom is 0.228 e. The molecule has 0 saturated heterocycles. The van der Waals surface area contributed by atoms with Gasteiger partial charge in [0, 0.05) is 35.3 Å².